The van der Waals surface area contributed by atoms with Gasteiger partial charge in [-0.25, -0.2) is 0 Å². The van der Waals surface area contributed by atoms with Gasteiger partial charge in [-0.15, -0.1) is 0 Å². The van der Waals surface area contributed by atoms with E-state index in [0.717, 1.165) is 0 Å². The van der Waals surface area contributed by atoms with Crippen LogP contribution in [0.3, 0.4) is 0 Å². The molecule has 0 fully saturated rings. The Hall–Kier alpha value is 0.0829. The van der Waals surface area contributed by atoms with Crippen molar-refractivity contribution in [2.24, 2.45) is 0 Å². The fraction of sp³-hybridized carbons (Fsp3) is 0.667. The second-order valence-electron chi connectivity index (χ2n) is 3.63. The van der Waals surface area contributed by atoms with Gasteiger partial charge in [0.25, 0.3) is 0 Å². The maximum atomic E-state index is 8.48. The quantitative estimate of drug-likeness (QED) is 0.582. The summed E-state index contributed by atoms with van der Waals surface area (Å²) >= 11 is 4.03. The summed E-state index contributed by atoms with van der Waals surface area (Å²) in [5.41, 5.74) is 0. The third-order valence-corrected chi connectivity index (χ3v) is 4.29. The molecule has 0 amide bonds. The molecule has 0 aromatic carbocycles. The van der Waals surface area contributed by atoms with E-state index in [9.17, 15) is 0 Å². The van der Waals surface area contributed by atoms with E-state index in [4.69, 9.17) is 15.3 Å². The fourth-order valence-electron chi connectivity index (χ4n) is 1.33. The zero-order valence-corrected chi connectivity index (χ0v) is 13.7. The predicted octanol–water partition coefficient (Wildman–Crippen LogP) is -0.630. The van der Waals surface area contributed by atoms with Crippen LogP contribution in [-0.2, 0) is 6.42 Å². The molecule has 0 unspecified atom stereocenters. The molecule has 6 heteroatoms. The molecule has 0 aliphatic carbocycles. The molecule has 103 valence electrons. The van der Waals surface area contributed by atoms with Gasteiger partial charge in [0.2, 0.25) is 0 Å². The molecule has 0 aliphatic rings. The standard InChI is InChI=1S/C6H7GeS.C6H15NO3/c1-2-5-3-4-6(7)8-5;8-4-1-7(2-5-9)3-6-10/h3-4H,2H2,1H3;8-10H,1-6H2. The van der Waals surface area contributed by atoms with Crippen molar-refractivity contribution in [3.63, 3.8) is 0 Å². The molecule has 18 heavy (non-hydrogen) atoms. The van der Waals surface area contributed by atoms with Crippen LogP contribution in [0.25, 0.3) is 0 Å². The van der Waals surface area contributed by atoms with Crippen molar-refractivity contribution in [1.29, 1.82) is 0 Å². The number of hydrogen-bond donors (Lipinski definition) is 3. The van der Waals surface area contributed by atoms with Gasteiger partial charge in [-0.05, 0) is 0 Å². The van der Waals surface area contributed by atoms with E-state index in [2.05, 4.69) is 35.6 Å². The van der Waals surface area contributed by atoms with Gasteiger partial charge < -0.3 is 15.3 Å². The topological polar surface area (TPSA) is 63.9 Å². The Morgan fingerprint density at radius 1 is 1.06 bits per heavy atom. The number of rotatable bonds is 7. The Kier molecular flexibility index (Phi) is 12.2. The minimum atomic E-state index is 0.0694. The molecule has 0 spiro atoms. The zero-order chi connectivity index (χ0) is 13.8. The van der Waals surface area contributed by atoms with Gasteiger partial charge in [-0.3, -0.25) is 4.90 Å². The largest absolute Gasteiger partial charge is 0.395 e. The monoisotopic (exact) mass is 334 g/mol. The first-order valence-corrected chi connectivity index (χ1v) is 7.89. The van der Waals surface area contributed by atoms with Crippen LogP contribution < -0.4 is 3.71 Å². The predicted molar refractivity (Wildman–Crippen MR) is 76.8 cm³/mol. The molecule has 1 heterocycles. The molecule has 0 saturated heterocycles. The summed E-state index contributed by atoms with van der Waals surface area (Å²) in [5, 5.41) is 25.5. The molecule has 3 N–H and O–H groups in total. The van der Waals surface area contributed by atoms with Crippen molar-refractivity contribution < 1.29 is 15.3 Å². The van der Waals surface area contributed by atoms with E-state index in [1.165, 1.54) is 15.0 Å². The molecule has 0 saturated carbocycles. The van der Waals surface area contributed by atoms with Crippen molar-refractivity contribution in [3.05, 3.63) is 17.0 Å². The van der Waals surface area contributed by atoms with E-state index in [0.29, 0.717) is 19.6 Å². The molecule has 3 radical (unpaired) electrons. The molecule has 0 aliphatic heterocycles. The van der Waals surface area contributed by atoms with Crippen molar-refractivity contribution in [2.45, 2.75) is 13.3 Å². The van der Waals surface area contributed by atoms with E-state index in [1.54, 1.807) is 4.90 Å². The van der Waals surface area contributed by atoms with Crippen LogP contribution in [0, 0.1) is 0 Å². The Morgan fingerprint density at radius 3 is 1.78 bits per heavy atom. The number of nitrogens with zero attached hydrogens (tertiary/aromatic N) is 1. The molecule has 1 aromatic heterocycles. The van der Waals surface area contributed by atoms with Crippen LogP contribution >= 0.6 is 11.3 Å². The summed E-state index contributed by atoms with van der Waals surface area (Å²) in [4.78, 5) is 3.28. The normalized spacial score (nSPS) is 10.3. The van der Waals surface area contributed by atoms with Gasteiger partial charge in [0.05, 0.1) is 19.8 Å². The van der Waals surface area contributed by atoms with E-state index >= 15 is 0 Å². The average molecular weight is 333 g/mol. The summed E-state index contributed by atoms with van der Waals surface area (Å²) in [5.74, 6) is 0. The average Bonchev–Trinajstić information content (AvgIpc) is 2.77. The molecule has 1 rings (SSSR count). The number of hydrogen-bond acceptors (Lipinski definition) is 5. The van der Waals surface area contributed by atoms with Crippen LogP contribution in [0.15, 0.2) is 12.1 Å². The van der Waals surface area contributed by atoms with Gasteiger partial charge in [0.1, 0.15) is 0 Å². The third-order valence-electron chi connectivity index (χ3n) is 2.26. The second kappa shape index (κ2) is 12.1. The van der Waals surface area contributed by atoms with Crippen molar-refractivity contribution in [1.82, 2.24) is 4.90 Å². The van der Waals surface area contributed by atoms with Crippen molar-refractivity contribution >= 4 is 31.6 Å². The second-order valence-corrected chi connectivity index (χ2v) is 6.69. The van der Waals surface area contributed by atoms with Crippen LogP contribution in [0.1, 0.15) is 11.8 Å². The number of aryl methyl sites for hydroxylation is 1. The van der Waals surface area contributed by atoms with Crippen LogP contribution in [0.2, 0.25) is 0 Å². The van der Waals surface area contributed by atoms with E-state index in [1.807, 2.05) is 11.3 Å². The SMILES string of the molecule is CCc1cc[c]([Ge])s1.OCCN(CCO)CCO. The summed E-state index contributed by atoms with van der Waals surface area (Å²) in [6.07, 6.45) is 1.18. The Morgan fingerprint density at radius 2 is 1.56 bits per heavy atom. The molecular weight excluding hydrogens is 311 g/mol. The molecule has 0 atom stereocenters. The Bertz CT molecular complexity index is 282. The first-order chi connectivity index (χ1) is 8.67. The van der Waals surface area contributed by atoms with Gasteiger partial charge >= 0.3 is 61.9 Å². The Labute approximate surface area is 121 Å². The molecule has 4 nitrogen and oxygen atoms in total. The minimum absolute atomic E-state index is 0.0694. The summed E-state index contributed by atoms with van der Waals surface area (Å²) in [7, 11) is 0. The van der Waals surface area contributed by atoms with Gasteiger partial charge in [-0.1, -0.05) is 0 Å². The molecular formula is C12H22GeNO3S. The van der Waals surface area contributed by atoms with Crippen molar-refractivity contribution in [2.75, 3.05) is 39.5 Å². The number of aliphatic hydroxyl groups excluding tert-OH is 3. The maximum Gasteiger partial charge on any atom is 0.0558 e. The van der Waals surface area contributed by atoms with E-state index < -0.39 is 0 Å². The molecule has 1 aromatic rings. The van der Waals surface area contributed by atoms with Crippen LogP contribution in [0.4, 0.5) is 0 Å². The number of aliphatic hydroxyl groups is 3. The first-order valence-electron chi connectivity index (χ1n) is 6.03. The minimum Gasteiger partial charge on any atom is -0.395 e. The van der Waals surface area contributed by atoms with Gasteiger partial charge in [0.15, 0.2) is 0 Å². The first kappa shape index (κ1) is 18.1. The summed E-state index contributed by atoms with van der Waals surface area (Å²) in [6, 6.07) is 4.36. The van der Waals surface area contributed by atoms with Crippen LogP contribution in [0.5, 0.6) is 0 Å². The fourth-order valence-corrected chi connectivity index (χ4v) is 3.03. The maximum absolute atomic E-state index is 8.48. The van der Waals surface area contributed by atoms with Crippen molar-refractivity contribution in [3.8, 4) is 0 Å². The zero-order valence-electron chi connectivity index (χ0n) is 10.8. The smallest absolute Gasteiger partial charge is 0.0558 e. The summed E-state index contributed by atoms with van der Waals surface area (Å²) in [6.45, 7) is 3.94. The van der Waals surface area contributed by atoms with Crippen LogP contribution in [-0.4, -0.2) is 76.2 Å². The van der Waals surface area contributed by atoms with Gasteiger partial charge in [-0.2, -0.15) is 0 Å². The van der Waals surface area contributed by atoms with Gasteiger partial charge in [0, 0.05) is 19.6 Å². The number of thiophene rings is 1. The Balaban J connectivity index is 0.000000327. The van der Waals surface area contributed by atoms with E-state index in [-0.39, 0.29) is 19.8 Å². The summed E-state index contributed by atoms with van der Waals surface area (Å²) < 4.78 is 1.42. The molecule has 0 bridgehead atoms. The third kappa shape index (κ3) is 9.07.